The van der Waals surface area contributed by atoms with E-state index in [1.807, 2.05) is 18.2 Å². The summed E-state index contributed by atoms with van der Waals surface area (Å²) in [4.78, 5) is 4.08. The molecule has 1 aromatic carbocycles. The molecule has 2 rings (SSSR count). The zero-order chi connectivity index (χ0) is 13.5. The second-order valence-corrected chi connectivity index (χ2v) is 3.83. The molecule has 5 nitrogen and oxygen atoms in total. The number of hydrogen-bond donors (Lipinski definition) is 2. The lowest BCUT2D eigenvalue weighted by molar-refractivity contribution is 0.368. The highest BCUT2D eigenvalue weighted by molar-refractivity contribution is 5.46. The van der Waals surface area contributed by atoms with Gasteiger partial charge in [0.15, 0.2) is 6.61 Å². The number of benzene rings is 1. The number of ether oxygens (including phenoxy) is 1. The Labute approximate surface area is 111 Å². The van der Waals surface area contributed by atoms with E-state index in [0.717, 1.165) is 11.4 Å². The minimum atomic E-state index is 0.0458. The standard InChI is InChI=1S/C14H13N3O2/c15-7-8-19-14-5-2-11(3-6-14)16-9-12-1-4-13(18)10-17-12/h1-6,10,16,18H,8-9H2. The van der Waals surface area contributed by atoms with Crippen LogP contribution in [0.15, 0.2) is 42.6 Å². The van der Waals surface area contributed by atoms with E-state index in [-0.39, 0.29) is 12.4 Å². The maximum absolute atomic E-state index is 9.12. The number of nitrogens with one attached hydrogen (secondary N) is 1. The lowest BCUT2D eigenvalue weighted by Gasteiger charge is -2.07. The number of nitrogens with zero attached hydrogens (tertiary/aromatic N) is 2. The molecule has 1 heterocycles. The molecule has 0 spiro atoms. The number of anilines is 1. The van der Waals surface area contributed by atoms with Gasteiger partial charge in [0.25, 0.3) is 0 Å². The summed E-state index contributed by atoms with van der Waals surface area (Å²) in [7, 11) is 0. The molecule has 0 saturated carbocycles. The Bertz CT molecular complexity index is 559. The van der Waals surface area contributed by atoms with Crippen LogP contribution in [-0.4, -0.2) is 16.7 Å². The normalized spacial score (nSPS) is 9.63. The second kappa shape index (κ2) is 6.26. The van der Waals surface area contributed by atoms with Crippen molar-refractivity contribution in [1.82, 2.24) is 4.98 Å². The lowest BCUT2D eigenvalue weighted by atomic mass is 10.3. The molecule has 0 fully saturated rings. The van der Waals surface area contributed by atoms with Crippen molar-refractivity contribution in [2.45, 2.75) is 6.54 Å². The number of aromatic hydroxyl groups is 1. The minimum Gasteiger partial charge on any atom is -0.506 e. The first-order valence-corrected chi connectivity index (χ1v) is 5.75. The Balaban J connectivity index is 1.89. The summed E-state index contributed by atoms with van der Waals surface area (Å²) < 4.78 is 5.16. The van der Waals surface area contributed by atoms with Gasteiger partial charge in [0.1, 0.15) is 17.6 Å². The third-order valence-electron chi connectivity index (χ3n) is 2.44. The molecule has 0 saturated heterocycles. The first kappa shape index (κ1) is 12.7. The summed E-state index contributed by atoms with van der Waals surface area (Å²) in [6, 6.07) is 12.6. The van der Waals surface area contributed by atoms with Gasteiger partial charge >= 0.3 is 0 Å². The van der Waals surface area contributed by atoms with Crippen LogP contribution in [0.1, 0.15) is 5.69 Å². The molecule has 0 bridgehead atoms. The zero-order valence-electron chi connectivity index (χ0n) is 10.2. The van der Waals surface area contributed by atoms with E-state index < -0.39 is 0 Å². The van der Waals surface area contributed by atoms with Gasteiger partial charge in [0.05, 0.1) is 18.4 Å². The van der Waals surface area contributed by atoms with Gasteiger partial charge < -0.3 is 15.2 Å². The molecule has 19 heavy (non-hydrogen) atoms. The molecule has 96 valence electrons. The van der Waals surface area contributed by atoms with E-state index in [4.69, 9.17) is 15.1 Å². The third kappa shape index (κ3) is 3.89. The number of pyridine rings is 1. The third-order valence-corrected chi connectivity index (χ3v) is 2.44. The maximum atomic E-state index is 9.12. The first-order valence-electron chi connectivity index (χ1n) is 5.75. The van der Waals surface area contributed by atoms with Crippen molar-refractivity contribution >= 4 is 5.69 Å². The predicted molar refractivity (Wildman–Crippen MR) is 70.8 cm³/mol. The van der Waals surface area contributed by atoms with E-state index in [0.29, 0.717) is 12.3 Å². The molecular formula is C14H13N3O2. The molecule has 2 aromatic rings. The van der Waals surface area contributed by atoms with Crippen molar-refractivity contribution in [3.8, 4) is 17.6 Å². The van der Waals surface area contributed by atoms with E-state index in [1.165, 1.54) is 6.20 Å². The van der Waals surface area contributed by atoms with Gasteiger partial charge in [-0.25, -0.2) is 0 Å². The highest BCUT2D eigenvalue weighted by Crippen LogP contribution is 2.16. The van der Waals surface area contributed by atoms with Crippen molar-refractivity contribution < 1.29 is 9.84 Å². The molecule has 0 unspecified atom stereocenters. The minimum absolute atomic E-state index is 0.0458. The van der Waals surface area contributed by atoms with Crippen LogP contribution in [0.4, 0.5) is 5.69 Å². The Hall–Kier alpha value is -2.74. The van der Waals surface area contributed by atoms with Crippen LogP contribution in [0.3, 0.4) is 0 Å². The van der Waals surface area contributed by atoms with Gasteiger partial charge in [0.2, 0.25) is 0 Å². The summed E-state index contributed by atoms with van der Waals surface area (Å²) >= 11 is 0. The van der Waals surface area contributed by atoms with Crippen LogP contribution in [0, 0.1) is 11.3 Å². The first-order chi connectivity index (χ1) is 9.28. The predicted octanol–water partition coefficient (Wildman–Crippen LogP) is 2.30. The largest absolute Gasteiger partial charge is 0.506 e. The summed E-state index contributed by atoms with van der Waals surface area (Å²) in [6.45, 7) is 0.614. The molecule has 0 aliphatic rings. The van der Waals surface area contributed by atoms with Crippen molar-refractivity contribution in [3.05, 3.63) is 48.3 Å². The molecule has 0 aliphatic carbocycles. The Morgan fingerprint density at radius 3 is 2.63 bits per heavy atom. The van der Waals surface area contributed by atoms with Gasteiger partial charge in [-0.3, -0.25) is 4.98 Å². The monoisotopic (exact) mass is 255 g/mol. The summed E-state index contributed by atoms with van der Waals surface area (Å²) in [5.74, 6) is 0.817. The van der Waals surface area contributed by atoms with E-state index in [9.17, 15) is 0 Å². The SMILES string of the molecule is N#CCOc1ccc(NCc2ccc(O)cn2)cc1. The van der Waals surface area contributed by atoms with Gasteiger partial charge in [-0.1, -0.05) is 0 Å². The summed E-state index contributed by atoms with van der Waals surface area (Å²) in [5.41, 5.74) is 1.77. The van der Waals surface area contributed by atoms with Crippen LogP contribution >= 0.6 is 0 Å². The van der Waals surface area contributed by atoms with E-state index >= 15 is 0 Å². The molecule has 2 N–H and O–H groups in total. The zero-order valence-corrected chi connectivity index (χ0v) is 10.2. The van der Waals surface area contributed by atoms with E-state index in [2.05, 4.69) is 10.3 Å². The lowest BCUT2D eigenvalue weighted by Crippen LogP contribution is -2.01. The number of hydrogen-bond acceptors (Lipinski definition) is 5. The average molecular weight is 255 g/mol. The maximum Gasteiger partial charge on any atom is 0.174 e. The van der Waals surface area contributed by atoms with Crippen LogP contribution in [0.2, 0.25) is 0 Å². The smallest absolute Gasteiger partial charge is 0.174 e. The highest BCUT2D eigenvalue weighted by atomic mass is 16.5. The molecule has 5 heteroatoms. The van der Waals surface area contributed by atoms with Gasteiger partial charge in [-0.2, -0.15) is 5.26 Å². The highest BCUT2D eigenvalue weighted by Gasteiger charge is 1.97. The fourth-order valence-electron chi connectivity index (χ4n) is 1.50. The van der Waals surface area contributed by atoms with Crippen LogP contribution < -0.4 is 10.1 Å². The number of nitriles is 1. The van der Waals surface area contributed by atoms with Crippen LogP contribution in [-0.2, 0) is 6.54 Å². The van der Waals surface area contributed by atoms with Crippen LogP contribution in [0.5, 0.6) is 11.5 Å². The fourth-order valence-corrected chi connectivity index (χ4v) is 1.50. The molecule has 0 atom stereocenters. The van der Waals surface area contributed by atoms with Crippen molar-refractivity contribution in [1.29, 1.82) is 5.26 Å². The number of rotatable bonds is 5. The molecule has 0 radical (unpaired) electrons. The van der Waals surface area contributed by atoms with Crippen molar-refractivity contribution in [2.75, 3.05) is 11.9 Å². The molecular weight excluding hydrogens is 242 g/mol. The van der Waals surface area contributed by atoms with Crippen LogP contribution in [0.25, 0.3) is 0 Å². The number of aromatic nitrogens is 1. The molecule has 1 aromatic heterocycles. The average Bonchev–Trinajstić information content (AvgIpc) is 2.46. The molecule has 0 amide bonds. The van der Waals surface area contributed by atoms with Crippen molar-refractivity contribution in [3.63, 3.8) is 0 Å². The topological polar surface area (TPSA) is 78.2 Å². The Morgan fingerprint density at radius 2 is 2.00 bits per heavy atom. The Morgan fingerprint density at radius 1 is 1.21 bits per heavy atom. The summed E-state index contributed by atoms with van der Waals surface area (Å²) in [5, 5.41) is 20.7. The Kier molecular flexibility index (Phi) is 4.19. The fraction of sp³-hybridized carbons (Fsp3) is 0.143. The molecule has 0 aliphatic heterocycles. The quantitative estimate of drug-likeness (QED) is 0.857. The summed E-state index contributed by atoms with van der Waals surface area (Å²) in [6.07, 6.45) is 1.41. The van der Waals surface area contributed by atoms with Gasteiger partial charge in [-0.05, 0) is 36.4 Å². The van der Waals surface area contributed by atoms with Gasteiger partial charge in [-0.15, -0.1) is 0 Å². The van der Waals surface area contributed by atoms with Crippen molar-refractivity contribution in [2.24, 2.45) is 0 Å². The second-order valence-electron chi connectivity index (χ2n) is 3.83. The van der Waals surface area contributed by atoms with Gasteiger partial charge in [0, 0.05) is 5.69 Å². The van der Waals surface area contributed by atoms with E-state index in [1.54, 1.807) is 24.3 Å².